The molecule has 0 unspecified atom stereocenters. The molecule has 0 amide bonds. The van der Waals surface area contributed by atoms with Gasteiger partial charge >= 0.3 is 5.69 Å². The lowest BCUT2D eigenvalue weighted by atomic mass is 9.83. The summed E-state index contributed by atoms with van der Waals surface area (Å²) in [6, 6.07) is 1.75. The number of aromatic nitrogens is 4. The van der Waals surface area contributed by atoms with E-state index in [9.17, 15) is 9.90 Å². The van der Waals surface area contributed by atoms with E-state index in [2.05, 4.69) is 15.2 Å². The Morgan fingerprint density at radius 1 is 1.47 bits per heavy atom. The van der Waals surface area contributed by atoms with E-state index >= 15 is 0 Å². The smallest absolute Gasteiger partial charge is 0.349 e. The van der Waals surface area contributed by atoms with Crippen LogP contribution in [0.3, 0.4) is 0 Å². The summed E-state index contributed by atoms with van der Waals surface area (Å²) in [5, 5.41) is 16.6. The molecule has 1 fully saturated rings. The van der Waals surface area contributed by atoms with E-state index in [1.54, 1.807) is 13.0 Å². The SMILES string of the molecule is Cc1nc(N2CC(O)(C(C)C)C2)cc2n[nH]c(=O)n12. The third-order valence-corrected chi connectivity index (χ3v) is 3.88. The van der Waals surface area contributed by atoms with Crippen LogP contribution in [0.4, 0.5) is 5.82 Å². The minimum Gasteiger partial charge on any atom is -0.386 e. The van der Waals surface area contributed by atoms with Gasteiger partial charge in [0, 0.05) is 6.07 Å². The second-order valence-corrected chi connectivity index (χ2v) is 5.50. The molecule has 19 heavy (non-hydrogen) atoms. The molecular weight excluding hydrogens is 246 g/mol. The summed E-state index contributed by atoms with van der Waals surface area (Å²) in [6.07, 6.45) is 0. The predicted octanol–water partition coefficient (Wildman–Crippen LogP) is -0.0669. The molecule has 0 aliphatic carbocycles. The first-order valence-electron chi connectivity index (χ1n) is 6.33. The highest BCUT2D eigenvalue weighted by Crippen LogP contribution is 2.32. The van der Waals surface area contributed by atoms with Gasteiger partial charge in [0.25, 0.3) is 0 Å². The van der Waals surface area contributed by atoms with Crippen LogP contribution in [0.15, 0.2) is 10.9 Å². The number of fused-ring (bicyclic) bond motifs is 1. The summed E-state index contributed by atoms with van der Waals surface area (Å²) in [7, 11) is 0. The van der Waals surface area contributed by atoms with Crippen molar-refractivity contribution in [1.29, 1.82) is 0 Å². The molecule has 3 rings (SSSR count). The van der Waals surface area contributed by atoms with Crippen molar-refractivity contribution in [3.05, 3.63) is 22.4 Å². The van der Waals surface area contributed by atoms with Crippen molar-refractivity contribution in [2.45, 2.75) is 26.4 Å². The van der Waals surface area contributed by atoms with Crippen LogP contribution in [-0.2, 0) is 0 Å². The minimum absolute atomic E-state index is 0.210. The lowest BCUT2D eigenvalue weighted by molar-refractivity contribution is -0.0304. The Bertz CT molecular complexity index is 681. The third kappa shape index (κ3) is 1.73. The number of hydrogen-bond donors (Lipinski definition) is 2. The average molecular weight is 263 g/mol. The molecule has 2 N–H and O–H groups in total. The van der Waals surface area contributed by atoms with Gasteiger partial charge in [0.1, 0.15) is 17.2 Å². The van der Waals surface area contributed by atoms with Crippen LogP contribution in [0.25, 0.3) is 5.65 Å². The van der Waals surface area contributed by atoms with Crippen molar-refractivity contribution in [2.24, 2.45) is 5.92 Å². The number of aliphatic hydroxyl groups is 1. The number of nitrogens with one attached hydrogen (secondary N) is 1. The number of H-pyrrole nitrogens is 1. The Kier molecular flexibility index (Phi) is 2.43. The third-order valence-electron chi connectivity index (χ3n) is 3.88. The van der Waals surface area contributed by atoms with E-state index < -0.39 is 5.60 Å². The monoisotopic (exact) mass is 263 g/mol. The van der Waals surface area contributed by atoms with E-state index in [0.29, 0.717) is 24.6 Å². The normalized spacial score (nSPS) is 18.1. The van der Waals surface area contributed by atoms with E-state index in [1.807, 2.05) is 18.7 Å². The van der Waals surface area contributed by atoms with Crippen molar-refractivity contribution in [3.63, 3.8) is 0 Å². The largest absolute Gasteiger partial charge is 0.386 e. The van der Waals surface area contributed by atoms with E-state index in [0.717, 1.165) is 5.82 Å². The maximum absolute atomic E-state index is 11.5. The number of aryl methyl sites for hydroxylation is 1. The van der Waals surface area contributed by atoms with Crippen LogP contribution in [0.2, 0.25) is 0 Å². The van der Waals surface area contributed by atoms with Gasteiger partial charge in [-0.25, -0.2) is 19.3 Å². The quantitative estimate of drug-likeness (QED) is 0.792. The Labute approximate surface area is 109 Å². The molecule has 2 aromatic heterocycles. The molecule has 0 bridgehead atoms. The molecule has 1 saturated heterocycles. The summed E-state index contributed by atoms with van der Waals surface area (Å²) in [6.45, 7) is 6.89. The first kappa shape index (κ1) is 12.2. The number of anilines is 1. The molecule has 1 aliphatic rings. The molecule has 2 aromatic rings. The van der Waals surface area contributed by atoms with Gasteiger partial charge in [-0.15, -0.1) is 0 Å². The Balaban J connectivity index is 1.94. The van der Waals surface area contributed by atoms with Crippen LogP contribution >= 0.6 is 0 Å². The number of hydrogen-bond acceptors (Lipinski definition) is 5. The summed E-state index contributed by atoms with van der Waals surface area (Å²) < 4.78 is 1.43. The molecule has 7 heteroatoms. The van der Waals surface area contributed by atoms with Crippen molar-refractivity contribution in [3.8, 4) is 0 Å². The Morgan fingerprint density at radius 2 is 2.16 bits per heavy atom. The first-order chi connectivity index (χ1) is 8.90. The molecule has 3 heterocycles. The zero-order chi connectivity index (χ0) is 13.8. The zero-order valence-electron chi connectivity index (χ0n) is 11.2. The van der Waals surface area contributed by atoms with Gasteiger partial charge in [0.05, 0.1) is 13.1 Å². The van der Waals surface area contributed by atoms with Crippen molar-refractivity contribution >= 4 is 11.5 Å². The number of β-amino-alcohol motifs (C(OH)–C–C–N with tert-alkyl or cyclic N) is 1. The summed E-state index contributed by atoms with van der Waals surface area (Å²) in [5.41, 5.74) is -0.381. The van der Waals surface area contributed by atoms with Gasteiger partial charge in [-0.1, -0.05) is 13.8 Å². The maximum Gasteiger partial charge on any atom is 0.349 e. The molecule has 0 atom stereocenters. The highest BCUT2D eigenvalue weighted by molar-refractivity contribution is 5.53. The fraction of sp³-hybridized carbons (Fsp3) is 0.583. The molecule has 0 spiro atoms. The van der Waals surface area contributed by atoms with Crippen molar-refractivity contribution in [1.82, 2.24) is 19.6 Å². The molecule has 102 valence electrons. The highest BCUT2D eigenvalue weighted by atomic mass is 16.3. The van der Waals surface area contributed by atoms with Crippen LogP contribution in [0.1, 0.15) is 19.7 Å². The Hall–Kier alpha value is -1.89. The molecule has 1 aliphatic heterocycles. The van der Waals surface area contributed by atoms with E-state index in [4.69, 9.17) is 0 Å². The standard InChI is InChI=1S/C12H17N5O2/c1-7(2)12(19)5-16(6-12)9-4-10-14-15-11(18)17(10)8(3)13-9/h4,7,19H,5-6H2,1-3H3,(H,15,18). The van der Waals surface area contributed by atoms with E-state index in [1.165, 1.54) is 4.40 Å². The second-order valence-electron chi connectivity index (χ2n) is 5.50. The highest BCUT2D eigenvalue weighted by Gasteiger charge is 2.44. The maximum atomic E-state index is 11.5. The van der Waals surface area contributed by atoms with Gasteiger partial charge in [0.2, 0.25) is 0 Å². The topological polar surface area (TPSA) is 86.5 Å². The first-order valence-corrected chi connectivity index (χ1v) is 6.33. The zero-order valence-corrected chi connectivity index (χ0v) is 11.2. The predicted molar refractivity (Wildman–Crippen MR) is 70.3 cm³/mol. The minimum atomic E-state index is -0.646. The van der Waals surface area contributed by atoms with Crippen LogP contribution in [0.5, 0.6) is 0 Å². The average Bonchev–Trinajstić information content (AvgIpc) is 2.67. The summed E-state index contributed by atoms with van der Waals surface area (Å²) >= 11 is 0. The van der Waals surface area contributed by atoms with E-state index in [-0.39, 0.29) is 11.6 Å². The summed E-state index contributed by atoms with van der Waals surface area (Å²) in [5.74, 6) is 1.54. The van der Waals surface area contributed by atoms with Gasteiger partial charge < -0.3 is 10.0 Å². The fourth-order valence-electron chi connectivity index (χ4n) is 2.39. The van der Waals surface area contributed by atoms with Crippen LogP contribution in [0, 0.1) is 12.8 Å². The lowest BCUT2D eigenvalue weighted by Crippen LogP contribution is -2.65. The molecule has 0 saturated carbocycles. The number of rotatable bonds is 2. The van der Waals surface area contributed by atoms with Crippen LogP contribution < -0.4 is 10.6 Å². The fourth-order valence-corrected chi connectivity index (χ4v) is 2.39. The van der Waals surface area contributed by atoms with Crippen LogP contribution in [-0.4, -0.2) is 43.4 Å². The lowest BCUT2D eigenvalue weighted by Gasteiger charge is -2.49. The van der Waals surface area contributed by atoms with Crippen molar-refractivity contribution in [2.75, 3.05) is 18.0 Å². The van der Waals surface area contributed by atoms with Gasteiger partial charge in [-0.3, -0.25) is 0 Å². The molecule has 7 nitrogen and oxygen atoms in total. The molecular formula is C12H17N5O2. The van der Waals surface area contributed by atoms with Gasteiger partial charge in [-0.05, 0) is 12.8 Å². The molecule has 0 aromatic carbocycles. The Morgan fingerprint density at radius 3 is 2.79 bits per heavy atom. The molecule has 0 radical (unpaired) electrons. The van der Waals surface area contributed by atoms with Crippen molar-refractivity contribution < 1.29 is 5.11 Å². The number of nitrogens with zero attached hydrogens (tertiary/aromatic N) is 4. The summed E-state index contributed by atoms with van der Waals surface area (Å²) in [4.78, 5) is 17.9. The van der Waals surface area contributed by atoms with Gasteiger partial charge in [-0.2, -0.15) is 5.10 Å². The van der Waals surface area contributed by atoms with Gasteiger partial charge in [0.15, 0.2) is 5.65 Å². The second kappa shape index (κ2) is 3.80. The number of aromatic amines is 1.